The molecule has 0 N–H and O–H groups in total. The Labute approximate surface area is 115 Å². The molecule has 0 aromatic heterocycles. The Morgan fingerprint density at radius 1 is 0.850 bits per heavy atom. The van der Waals surface area contributed by atoms with Crippen molar-refractivity contribution in [2.75, 3.05) is 7.11 Å². The number of nitrogens with zero attached hydrogens (tertiary/aromatic N) is 2. The van der Waals surface area contributed by atoms with E-state index in [-0.39, 0.29) is 0 Å². The highest BCUT2D eigenvalue weighted by molar-refractivity contribution is 5.82. The smallest absolute Gasteiger partial charge is 0.159 e. The van der Waals surface area contributed by atoms with Crippen LogP contribution in [0.3, 0.4) is 0 Å². The molecule has 20 heavy (non-hydrogen) atoms. The highest BCUT2D eigenvalue weighted by atomic mass is 19.2. The van der Waals surface area contributed by atoms with Crippen LogP contribution in [0.4, 0.5) is 8.78 Å². The summed E-state index contributed by atoms with van der Waals surface area (Å²) in [6.45, 7) is 0. The zero-order valence-electron chi connectivity index (χ0n) is 10.8. The van der Waals surface area contributed by atoms with E-state index >= 15 is 0 Å². The number of hydrogen-bond donors (Lipinski definition) is 0. The topological polar surface area (TPSA) is 34.0 Å². The number of halogens is 2. The van der Waals surface area contributed by atoms with E-state index in [1.54, 1.807) is 25.5 Å². The zero-order chi connectivity index (χ0) is 14.4. The molecule has 0 unspecified atom stereocenters. The summed E-state index contributed by atoms with van der Waals surface area (Å²) in [5.41, 5.74) is 1.30. The molecule has 0 saturated carbocycles. The summed E-state index contributed by atoms with van der Waals surface area (Å²) in [6.07, 6.45) is 2.90. The summed E-state index contributed by atoms with van der Waals surface area (Å²) < 4.78 is 30.7. The minimum Gasteiger partial charge on any atom is -0.497 e. The predicted octanol–water partition coefficient (Wildman–Crippen LogP) is 3.43. The molecule has 0 amide bonds. The van der Waals surface area contributed by atoms with Gasteiger partial charge in [-0.25, -0.2) is 8.78 Å². The molecule has 5 heteroatoms. The molecular weight excluding hydrogens is 262 g/mol. The van der Waals surface area contributed by atoms with Gasteiger partial charge in [-0.15, -0.1) is 0 Å². The molecule has 0 saturated heterocycles. The predicted molar refractivity (Wildman–Crippen MR) is 74.5 cm³/mol. The Kier molecular flexibility index (Phi) is 4.55. The monoisotopic (exact) mass is 274 g/mol. The molecule has 2 aromatic rings. The van der Waals surface area contributed by atoms with Crippen molar-refractivity contribution in [1.29, 1.82) is 0 Å². The first-order chi connectivity index (χ1) is 9.69. The number of methoxy groups -OCH3 is 1. The lowest BCUT2D eigenvalue weighted by atomic mass is 10.2. The van der Waals surface area contributed by atoms with Crippen molar-refractivity contribution in [3.8, 4) is 5.75 Å². The van der Waals surface area contributed by atoms with E-state index in [1.165, 1.54) is 12.3 Å². The lowest BCUT2D eigenvalue weighted by Gasteiger charge is -1.97. The van der Waals surface area contributed by atoms with Gasteiger partial charge in [-0.2, -0.15) is 10.2 Å². The van der Waals surface area contributed by atoms with Gasteiger partial charge in [-0.05, 0) is 47.5 Å². The number of ether oxygens (including phenoxy) is 1. The van der Waals surface area contributed by atoms with Crippen molar-refractivity contribution in [2.45, 2.75) is 0 Å². The van der Waals surface area contributed by atoms with Gasteiger partial charge in [0.05, 0.1) is 19.5 Å². The van der Waals surface area contributed by atoms with Gasteiger partial charge in [0.15, 0.2) is 11.6 Å². The van der Waals surface area contributed by atoms with Gasteiger partial charge in [-0.3, -0.25) is 0 Å². The third-order valence-electron chi connectivity index (χ3n) is 2.54. The van der Waals surface area contributed by atoms with Crippen LogP contribution in [0.5, 0.6) is 5.75 Å². The fourth-order valence-electron chi connectivity index (χ4n) is 1.48. The molecule has 102 valence electrons. The van der Waals surface area contributed by atoms with Crippen LogP contribution in [0.2, 0.25) is 0 Å². The standard InChI is InChI=1S/C15H12F2N2O/c1-20-13-5-2-11(3-6-13)9-18-19-10-12-4-7-14(16)15(17)8-12/h2-10H,1H3/b18-9+,19-10+. The van der Waals surface area contributed by atoms with Crippen molar-refractivity contribution in [1.82, 2.24) is 0 Å². The van der Waals surface area contributed by atoms with Gasteiger partial charge in [0, 0.05) is 0 Å². The van der Waals surface area contributed by atoms with E-state index in [0.717, 1.165) is 23.4 Å². The normalized spacial score (nSPS) is 11.3. The maximum Gasteiger partial charge on any atom is 0.159 e. The summed E-state index contributed by atoms with van der Waals surface area (Å²) in [7, 11) is 1.59. The Morgan fingerprint density at radius 3 is 2.05 bits per heavy atom. The molecule has 0 aliphatic heterocycles. The molecule has 0 radical (unpaired) electrons. The highest BCUT2D eigenvalue weighted by Crippen LogP contribution is 2.10. The largest absolute Gasteiger partial charge is 0.497 e. The van der Waals surface area contributed by atoms with Crippen LogP contribution in [0.25, 0.3) is 0 Å². The molecule has 0 fully saturated rings. The second-order valence-electron chi connectivity index (χ2n) is 3.94. The first-order valence-electron chi connectivity index (χ1n) is 5.84. The fraction of sp³-hybridized carbons (Fsp3) is 0.0667. The third kappa shape index (κ3) is 3.71. The number of hydrogen-bond acceptors (Lipinski definition) is 3. The van der Waals surface area contributed by atoms with Crippen molar-refractivity contribution in [2.24, 2.45) is 10.2 Å². The first-order valence-corrected chi connectivity index (χ1v) is 5.84. The molecular formula is C15H12F2N2O. The lowest BCUT2D eigenvalue weighted by molar-refractivity contribution is 0.415. The van der Waals surface area contributed by atoms with Gasteiger partial charge >= 0.3 is 0 Å². The third-order valence-corrected chi connectivity index (χ3v) is 2.54. The average molecular weight is 274 g/mol. The van der Waals surface area contributed by atoms with Gasteiger partial charge in [0.25, 0.3) is 0 Å². The summed E-state index contributed by atoms with van der Waals surface area (Å²) in [6, 6.07) is 10.8. The van der Waals surface area contributed by atoms with Gasteiger partial charge in [0.2, 0.25) is 0 Å². The van der Waals surface area contributed by atoms with Gasteiger partial charge in [-0.1, -0.05) is 6.07 Å². The lowest BCUT2D eigenvalue weighted by Crippen LogP contribution is -1.87. The van der Waals surface area contributed by atoms with Crippen LogP contribution in [0, 0.1) is 11.6 Å². The van der Waals surface area contributed by atoms with E-state index in [2.05, 4.69) is 10.2 Å². The first kappa shape index (κ1) is 13.9. The van der Waals surface area contributed by atoms with E-state index < -0.39 is 11.6 Å². The molecule has 0 spiro atoms. The molecule has 0 bridgehead atoms. The Morgan fingerprint density at radius 2 is 1.45 bits per heavy atom. The number of benzene rings is 2. The Balaban J connectivity index is 2.01. The highest BCUT2D eigenvalue weighted by Gasteiger charge is 1.99. The van der Waals surface area contributed by atoms with E-state index in [1.807, 2.05) is 12.1 Å². The fourth-order valence-corrected chi connectivity index (χ4v) is 1.48. The molecule has 0 aliphatic rings. The van der Waals surface area contributed by atoms with E-state index in [0.29, 0.717) is 5.56 Å². The maximum absolute atomic E-state index is 12.9. The van der Waals surface area contributed by atoms with Crippen LogP contribution >= 0.6 is 0 Å². The summed E-state index contributed by atoms with van der Waals surface area (Å²) in [4.78, 5) is 0. The minimum absolute atomic E-state index is 0.441. The summed E-state index contributed by atoms with van der Waals surface area (Å²) in [5, 5.41) is 7.61. The second kappa shape index (κ2) is 6.56. The van der Waals surface area contributed by atoms with Gasteiger partial charge in [0.1, 0.15) is 5.75 Å². The SMILES string of the molecule is COc1ccc(/C=N/N=C/c2ccc(F)c(F)c2)cc1. The molecule has 0 atom stereocenters. The van der Waals surface area contributed by atoms with Crippen LogP contribution in [-0.2, 0) is 0 Å². The van der Waals surface area contributed by atoms with Crippen molar-refractivity contribution >= 4 is 12.4 Å². The van der Waals surface area contributed by atoms with E-state index in [9.17, 15) is 8.78 Å². The molecule has 3 nitrogen and oxygen atoms in total. The number of rotatable bonds is 4. The van der Waals surface area contributed by atoms with Crippen molar-refractivity contribution in [3.63, 3.8) is 0 Å². The van der Waals surface area contributed by atoms with Crippen molar-refractivity contribution < 1.29 is 13.5 Å². The van der Waals surface area contributed by atoms with Crippen LogP contribution in [0.1, 0.15) is 11.1 Å². The molecule has 0 aliphatic carbocycles. The molecule has 0 heterocycles. The summed E-state index contributed by atoms with van der Waals surface area (Å²) >= 11 is 0. The Bertz CT molecular complexity index is 637. The Hall–Kier alpha value is -2.56. The van der Waals surface area contributed by atoms with Crippen molar-refractivity contribution in [3.05, 3.63) is 65.2 Å². The van der Waals surface area contributed by atoms with Gasteiger partial charge < -0.3 is 4.74 Å². The molecule has 2 aromatic carbocycles. The quantitative estimate of drug-likeness (QED) is 0.621. The summed E-state index contributed by atoms with van der Waals surface area (Å²) in [5.74, 6) is -1.04. The minimum atomic E-state index is -0.909. The zero-order valence-corrected chi connectivity index (χ0v) is 10.8. The van der Waals surface area contributed by atoms with E-state index in [4.69, 9.17) is 4.74 Å². The van der Waals surface area contributed by atoms with Crippen LogP contribution < -0.4 is 4.74 Å². The van der Waals surface area contributed by atoms with Crippen LogP contribution in [0.15, 0.2) is 52.7 Å². The second-order valence-corrected chi connectivity index (χ2v) is 3.94. The average Bonchev–Trinajstić information content (AvgIpc) is 2.48. The molecule has 2 rings (SSSR count). The maximum atomic E-state index is 12.9. The van der Waals surface area contributed by atoms with Crippen LogP contribution in [-0.4, -0.2) is 19.5 Å².